The van der Waals surface area contributed by atoms with Gasteiger partial charge in [-0.1, -0.05) is 6.07 Å². The van der Waals surface area contributed by atoms with Gasteiger partial charge in [0.25, 0.3) is 5.95 Å². The van der Waals surface area contributed by atoms with Crippen LogP contribution in [0.2, 0.25) is 0 Å². The number of fused-ring (bicyclic) bond motifs is 1. The van der Waals surface area contributed by atoms with Crippen LogP contribution >= 0.6 is 0 Å². The molecule has 0 radical (unpaired) electrons. The summed E-state index contributed by atoms with van der Waals surface area (Å²) in [7, 11) is 0. The predicted octanol–water partition coefficient (Wildman–Crippen LogP) is 3.46. The van der Waals surface area contributed by atoms with E-state index in [2.05, 4.69) is 44.3 Å². The van der Waals surface area contributed by atoms with E-state index in [1.54, 1.807) is 4.68 Å². The number of nitrogens with one attached hydrogen (secondary N) is 1. The largest absolute Gasteiger partial charge is 0.371 e. The van der Waals surface area contributed by atoms with Crippen molar-refractivity contribution in [1.29, 1.82) is 0 Å². The Morgan fingerprint density at radius 3 is 2.53 bits per heavy atom. The summed E-state index contributed by atoms with van der Waals surface area (Å²) in [5.74, 6) is 0.487. The normalized spacial score (nSPS) is 12.9. The molecule has 0 fully saturated rings. The van der Waals surface area contributed by atoms with Crippen molar-refractivity contribution >= 4 is 17.3 Å². The molecular formula is C23H28N6O. The van der Waals surface area contributed by atoms with Crippen LogP contribution < -0.4 is 10.2 Å². The van der Waals surface area contributed by atoms with Crippen molar-refractivity contribution < 1.29 is 4.79 Å². The van der Waals surface area contributed by atoms with Crippen molar-refractivity contribution in [1.82, 2.24) is 19.7 Å². The van der Waals surface area contributed by atoms with Crippen molar-refractivity contribution in [3.05, 3.63) is 58.2 Å². The van der Waals surface area contributed by atoms with Crippen LogP contribution in [0.5, 0.6) is 0 Å². The SMILES string of the molecule is CCN1CCc2ccc(NC(=O)Cc3c(C)nn(-c4nc(C)cc(C)n4)c3C)cc21. The highest BCUT2D eigenvalue weighted by Crippen LogP contribution is 2.30. The Kier molecular flexibility index (Phi) is 5.28. The van der Waals surface area contributed by atoms with Crippen LogP contribution in [0, 0.1) is 27.7 Å². The van der Waals surface area contributed by atoms with Crippen LogP contribution in [0.3, 0.4) is 0 Å². The number of likely N-dealkylation sites (N-methyl/N-ethyl adjacent to an activating group) is 1. The summed E-state index contributed by atoms with van der Waals surface area (Å²) in [6.07, 6.45) is 1.33. The Hall–Kier alpha value is -3.22. The molecule has 3 heterocycles. The second-order valence-corrected chi connectivity index (χ2v) is 7.91. The van der Waals surface area contributed by atoms with Crippen molar-refractivity contribution in [3.8, 4) is 5.95 Å². The molecule has 7 nitrogen and oxygen atoms in total. The summed E-state index contributed by atoms with van der Waals surface area (Å²) in [6, 6.07) is 8.12. The highest BCUT2D eigenvalue weighted by Gasteiger charge is 2.20. The van der Waals surface area contributed by atoms with E-state index in [1.807, 2.05) is 39.8 Å². The number of carbonyl (C=O) groups is 1. The fourth-order valence-corrected chi connectivity index (χ4v) is 4.15. The zero-order valence-electron chi connectivity index (χ0n) is 18.3. The molecule has 1 aromatic carbocycles. The minimum absolute atomic E-state index is 0.0527. The van der Waals surface area contributed by atoms with Gasteiger partial charge in [0, 0.05) is 47.1 Å². The monoisotopic (exact) mass is 404 g/mol. The summed E-state index contributed by atoms with van der Waals surface area (Å²) in [5.41, 5.74) is 7.80. The number of hydrogen-bond acceptors (Lipinski definition) is 5. The number of aryl methyl sites for hydroxylation is 3. The van der Waals surface area contributed by atoms with E-state index in [4.69, 9.17) is 0 Å². The van der Waals surface area contributed by atoms with Crippen LogP contribution in [0.1, 0.15) is 40.8 Å². The molecule has 1 amide bonds. The third-order valence-corrected chi connectivity index (χ3v) is 5.68. The first-order valence-corrected chi connectivity index (χ1v) is 10.4. The van der Waals surface area contributed by atoms with Crippen molar-refractivity contribution in [2.45, 2.75) is 47.5 Å². The second-order valence-electron chi connectivity index (χ2n) is 7.91. The molecule has 0 bridgehead atoms. The van der Waals surface area contributed by atoms with E-state index in [1.165, 1.54) is 11.3 Å². The van der Waals surface area contributed by atoms with Gasteiger partial charge in [-0.3, -0.25) is 4.79 Å². The fourth-order valence-electron chi connectivity index (χ4n) is 4.15. The molecule has 1 aliphatic heterocycles. The summed E-state index contributed by atoms with van der Waals surface area (Å²) >= 11 is 0. The van der Waals surface area contributed by atoms with E-state index in [9.17, 15) is 4.79 Å². The number of anilines is 2. The second kappa shape index (κ2) is 7.89. The first-order chi connectivity index (χ1) is 14.4. The predicted molar refractivity (Wildman–Crippen MR) is 118 cm³/mol. The zero-order valence-corrected chi connectivity index (χ0v) is 18.3. The molecule has 2 aromatic heterocycles. The van der Waals surface area contributed by atoms with Gasteiger partial charge in [-0.25, -0.2) is 14.6 Å². The summed E-state index contributed by atoms with van der Waals surface area (Å²) in [6.45, 7) is 11.9. The highest BCUT2D eigenvalue weighted by atomic mass is 16.1. The third kappa shape index (κ3) is 3.79. The molecule has 0 saturated heterocycles. The number of nitrogens with zero attached hydrogens (tertiary/aromatic N) is 5. The first-order valence-electron chi connectivity index (χ1n) is 10.4. The van der Waals surface area contributed by atoms with Gasteiger partial charge in [0.1, 0.15) is 0 Å². The third-order valence-electron chi connectivity index (χ3n) is 5.68. The molecule has 0 atom stereocenters. The zero-order chi connectivity index (χ0) is 21.4. The Labute approximate surface area is 177 Å². The molecule has 0 spiro atoms. The molecule has 4 rings (SSSR count). The smallest absolute Gasteiger partial charge is 0.251 e. The lowest BCUT2D eigenvalue weighted by atomic mass is 10.1. The van der Waals surface area contributed by atoms with Gasteiger partial charge >= 0.3 is 0 Å². The number of benzene rings is 1. The average molecular weight is 405 g/mol. The van der Waals surface area contributed by atoms with Crippen molar-refractivity contribution in [2.75, 3.05) is 23.3 Å². The Morgan fingerprint density at radius 1 is 1.10 bits per heavy atom. The quantitative estimate of drug-likeness (QED) is 0.705. The van der Waals surface area contributed by atoms with Gasteiger partial charge < -0.3 is 10.2 Å². The molecule has 7 heteroatoms. The Bertz CT molecular complexity index is 1100. The Morgan fingerprint density at radius 2 is 1.83 bits per heavy atom. The maximum Gasteiger partial charge on any atom is 0.251 e. The summed E-state index contributed by atoms with van der Waals surface area (Å²) in [4.78, 5) is 24.1. The van der Waals surface area contributed by atoms with E-state index in [-0.39, 0.29) is 12.3 Å². The number of carbonyl (C=O) groups excluding carboxylic acids is 1. The van der Waals surface area contributed by atoms with Crippen LogP contribution in [0.25, 0.3) is 5.95 Å². The van der Waals surface area contributed by atoms with Gasteiger partial charge in [-0.05, 0) is 64.8 Å². The maximum absolute atomic E-state index is 12.8. The summed E-state index contributed by atoms with van der Waals surface area (Å²) < 4.78 is 1.73. The molecule has 0 saturated carbocycles. The lowest BCUT2D eigenvalue weighted by Gasteiger charge is -2.17. The van der Waals surface area contributed by atoms with Crippen LogP contribution in [0.4, 0.5) is 11.4 Å². The van der Waals surface area contributed by atoms with Crippen LogP contribution in [-0.2, 0) is 17.6 Å². The van der Waals surface area contributed by atoms with Gasteiger partial charge in [-0.15, -0.1) is 0 Å². The summed E-state index contributed by atoms with van der Waals surface area (Å²) in [5, 5.41) is 7.65. The number of amides is 1. The number of hydrogen-bond donors (Lipinski definition) is 1. The highest BCUT2D eigenvalue weighted by molar-refractivity contribution is 5.93. The van der Waals surface area contributed by atoms with Gasteiger partial charge in [0.05, 0.1) is 12.1 Å². The molecular weight excluding hydrogens is 376 g/mol. The number of aromatic nitrogens is 4. The molecule has 156 valence electrons. The van der Waals surface area contributed by atoms with E-state index >= 15 is 0 Å². The number of rotatable bonds is 5. The van der Waals surface area contributed by atoms with Crippen LogP contribution in [-0.4, -0.2) is 38.7 Å². The lowest BCUT2D eigenvalue weighted by molar-refractivity contribution is -0.115. The molecule has 3 aromatic rings. The first kappa shape index (κ1) is 20.1. The molecule has 0 aliphatic carbocycles. The minimum Gasteiger partial charge on any atom is -0.371 e. The molecule has 0 unspecified atom stereocenters. The fraction of sp³-hybridized carbons (Fsp3) is 0.391. The lowest BCUT2D eigenvalue weighted by Crippen LogP contribution is -2.19. The van der Waals surface area contributed by atoms with Crippen molar-refractivity contribution in [2.24, 2.45) is 0 Å². The van der Waals surface area contributed by atoms with Gasteiger partial charge in [-0.2, -0.15) is 5.10 Å². The van der Waals surface area contributed by atoms with Crippen molar-refractivity contribution in [3.63, 3.8) is 0 Å². The molecule has 1 aliphatic rings. The van der Waals surface area contributed by atoms with Gasteiger partial charge in [0.15, 0.2) is 0 Å². The molecule has 30 heavy (non-hydrogen) atoms. The van der Waals surface area contributed by atoms with E-state index in [0.717, 1.165) is 53.5 Å². The van der Waals surface area contributed by atoms with E-state index in [0.29, 0.717) is 5.95 Å². The van der Waals surface area contributed by atoms with Gasteiger partial charge in [0.2, 0.25) is 5.91 Å². The topological polar surface area (TPSA) is 75.9 Å². The molecule has 1 N–H and O–H groups in total. The standard InChI is InChI=1S/C23H28N6O/c1-6-28-10-9-18-7-8-19(12-21(18)28)26-22(30)13-20-16(4)27-29(17(20)5)23-24-14(2)11-15(3)25-23/h7-8,11-12H,6,9-10,13H2,1-5H3,(H,26,30). The minimum atomic E-state index is -0.0527. The average Bonchev–Trinajstić information content (AvgIpc) is 3.22. The Balaban J connectivity index is 1.54. The van der Waals surface area contributed by atoms with E-state index < -0.39 is 0 Å². The van der Waals surface area contributed by atoms with Crippen LogP contribution in [0.15, 0.2) is 24.3 Å². The maximum atomic E-state index is 12.8.